The third-order valence-electron chi connectivity index (χ3n) is 10.0. The van der Waals surface area contributed by atoms with Crippen LogP contribution in [0.3, 0.4) is 0 Å². The molecule has 0 spiro atoms. The Bertz CT molecular complexity index is 1350. The molecule has 2 fully saturated rings. The zero-order valence-corrected chi connectivity index (χ0v) is 28.8. The maximum atomic E-state index is 6.12. The third kappa shape index (κ3) is 8.69. The Morgan fingerprint density at radius 3 is 1.78 bits per heavy atom. The van der Waals surface area contributed by atoms with Gasteiger partial charge < -0.3 is 4.74 Å². The van der Waals surface area contributed by atoms with Crippen molar-refractivity contribution in [2.45, 2.75) is 84.9 Å². The van der Waals surface area contributed by atoms with Crippen LogP contribution in [0.15, 0.2) is 109 Å². The molecule has 244 valence electrons. The number of hydrogen-bond donors (Lipinski definition) is 0. The molecule has 4 aromatic rings. The maximum Gasteiger partial charge on any atom is 0.124 e. The van der Waals surface area contributed by atoms with Crippen LogP contribution < -0.4 is 4.74 Å². The summed E-state index contributed by atoms with van der Waals surface area (Å²) < 4.78 is 6.12. The van der Waals surface area contributed by atoms with Gasteiger partial charge in [0.1, 0.15) is 12.4 Å². The monoisotopic (exact) mass is 616 g/mol. The van der Waals surface area contributed by atoms with E-state index in [-0.39, 0.29) is 0 Å². The molecule has 3 unspecified atom stereocenters. The van der Waals surface area contributed by atoms with E-state index in [1.54, 1.807) is 0 Å². The molecule has 0 amide bonds. The molecule has 0 N–H and O–H groups in total. The zero-order chi connectivity index (χ0) is 32.1. The lowest BCUT2D eigenvalue weighted by Crippen LogP contribution is -2.31. The SMILES string of the molecule is CC.CC1CCCN(C(c2ccccc2)c2ccccc2)CC1.CC1CCCN(C2c3ccccc3COc3ccccc32)CC1. The van der Waals surface area contributed by atoms with Gasteiger partial charge in [-0.05, 0) is 105 Å². The van der Waals surface area contributed by atoms with E-state index in [1.165, 1.54) is 92.5 Å². The molecule has 0 aromatic heterocycles. The van der Waals surface area contributed by atoms with Crippen LogP contribution in [0.5, 0.6) is 5.75 Å². The second-order valence-corrected chi connectivity index (χ2v) is 13.3. The first-order chi connectivity index (χ1) is 22.7. The van der Waals surface area contributed by atoms with Gasteiger partial charge >= 0.3 is 0 Å². The highest BCUT2D eigenvalue weighted by molar-refractivity contribution is 5.46. The molecule has 2 saturated heterocycles. The Morgan fingerprint density at radius 1 is 0.565 bits per heavy atom. The van der Waals surface area contributed by atoms with Crippen molar-refractivity contribution in [1.29, 1.82) is 0 Å². The number of nitrogens with zero attached hydrogens (tertiary/aromatic N) is 2. The maximum absolute atomic E-state index is 6.12. The highest BCUT2D eigenvalue weighted by Gasteiger charge is 2.30. The van der Waals surface area contributed by atoms with E-state index in [0.29, 0.717) is 18.7 Å². The molecule has 0 aliphatic carbocycles. The molecule has 3 aliphatic rings. The molecule has 3 aliphatic heterocycles. The fraction of sp³-hybridized carbons (Fsp3) is 0.442. The van der Waals surface area contributed by atoms with Crippen molar-refractivity contribution in [3.8, 4) is 5.75 Å². The number of benzene rings is 4. The van der Waals surface area contributed by atoms with Gasteiger partial charge in [-0.1, -0.05) is 131 Å². The topological polar surface area (TPSA) is 15.7 Å². The molecule has 3 heterocycles. The first-order valence-corrected chi connectivity index (χ1v) is 18.0. The van der Waals surface area contributed by atoms with Crippen molar-refractivity contribution >= 4 is 0 Å². The summed E-state index contributed by atoms with van der Waals surface area (Å²) in [5.74, 6) is 2.75. The van der Waals surface area contributed by atoms with Gasteiger partial charge in [0.05, 0.1) is 12.1 Å². The van der Waals surface area contributed by atoms with Crippen molar-refractivity contribution < 1.29 is 4.74 Å². The van der Waals surface area contributed by atoms with Crippen LogP contribution in [0.1, 0.15) is 106 Å². The second kappa shape index (κ2) is 17.5. The van der Waals surface area contributed by atoms with E-state index in [2.05, 4.69) is 133 Å². The van der Waals surface area contributed by atoms with Crippen molar-refractivity contribution in [3.05, 3.63) is 137 Å². The van der Waals surface area contributed by atoms with Crippen molar-refractivity contribution in [2.24, 2.45) is 11.8 Å². The van der Waals surface area contributed by atoms with Crippen LogP contribution in [-0.2, 0) is 6.61 Å². The van der Waals surface area contributed by atoms with E-state index in [1.807, 2.05) is 13.8 Å². The minimum absolute atomic E-state index is 0.329. The fourth-order valence-corrected chi connectivity index (χ4v) is 7.46. The molecule has 0 radical (unpaired) electrons. The predicted octanol–water partition coefficient (Wildman–Crippen LogP) is 10.7. The molecular weight excluding hydrogens is 560 g/mol. The van der Waals surface area contributed by atoms with E-state index in [4.69, 9.17) is 4.74 Å². The molecule has 0 saturated carbocycles. The van der Waals surface area contributed by atoms with Crippen LogP contribution in [-0.4, -0.2) is 36.0 Å². The van der Waals surface area contributed by atoms with Crippen LogP contribution in [0.25, 0.3) is 0 Å². The standard InChI is InChI=1S/C21H25NO.C20H25N.C2H6/c1-16-7-6-13-22(14-12-16)21-18-9-3-2-8-17(18)15-23-20-11-5-4-10-19(20)21;1-17-9-8-15-21(16-14-17)20(18-10-4-2-5-11-18)19-12-6-3-7-13-19;1-2/h2-5,8-11,16,21H,6-7,12-15H2,1H3;2-7,10-13,17,20H,8-9,14-16H2,1H3;1-2H3. The second-order valence-electron chi connectivity index (χ2n) is 13.3. The number of hydrogen-bond acceptors (Lipinski definition) is 3. The van der Waals surface area contributed by atoms with Gasteiger partial charge in [-0.15, -0.1) is 0 Å². The fourth-order valence-electron chi connectivity index (χ4n) is 7.46. The molecular formula is C43H56N2O. The van der Waals surface area contributed by atoms with Crippen LogP contribution in [0.2, 0.25) is 0 Å². The van der Waals surface area contributed by atoms with E-state index >= 15 is 0 Å². The average Bonchev–Trinajstić information content (AvgIpc) is 3.53. The molecule has 3 heteroatoms. The summed E-state index contributed by atoms with van der Waals surface area (Å²) in [7, 11) is 0. The Labute approximate surface area is 279 Å². The molecule has 4 aromatic carbocycles. The predicted molar refractivity (Wildman–Crippen MR) is 194 cm³/mol. The molecule has 3 nitrogen and oxygen atoms in total. The van der Waals surface area contributed by atoms with Crippen LogP contribution in [0, 0.1) is 11.8 Å². The lowest BCUT2D eigenvalue weighted by molar-refractivity contribution is 0.230. The summed E-state index contributed by atoms with van der Waals surface area (Å²) in [5, 5.41) is 0. The minimum atomic E-state index is 0.329. The number of ether oxygens (including phenoxy) is 1. The quantitative estimate of drug-likeness (QED) is 0.227. The number of para-hydroxylation sites is 1. The first-order valence-electron chi connectivity index (χ1n) is 18.0. The van der Waals surface area contributed by atoms with Gasteiger partial charge in [-0.2, -0.15) is 0 Å². The van der Waals surface area contributed by atoms with Gasteiger partial charge in [-0.3, -0.25) is 9.80 Å². The Morgan fingerprint density at radius 2 is 1.11 bits per heavy atom. The van der Waals surface area contributed by atoms with Crippen LogP contribution >= 0.6 is 0 Å². The third-order valence-corrected chi connectivity index (χ3v) is 10.0. The molecule has 0 bridgehead atoms. The minimum Gasteiger partial charge on any atom is -0.489 e. The van der Waals surface area contributed by atoms with E-state index in [9.17, 15) is 0 Å². The Hall–Kier alpha value is -3.40. The zero-order valence-electron chi connectivity index (χ0n) is 28.8. The van der Waals surface area contributed by atoms with Gasteiger partial charge in [0, 0.05) is 5.56 Å². The summed E-state index contributed by atoms with van der Waals surface area (Å²) in [6.07, 6.45) is 7.94. The first kappa shape index (κ1) is 33.9. The average molecular weight is 617 g/mol. The number of rotatable bonds is 4. The Kier molecular flexibility index (Phi) is 12.9. The normalized spacial score (nSPS) is 21.8. The summed E-state index contributed by atoms with van der Waals surface area (Å²) in [6, 6.07) is 40.0. The van der Waals surface area contributed by atoms with Gasteiger partial charge in [-0.25, -0.2) is 0 Å². The summed E-state index contributed by atoms with van der Waals surface area (Å²) in [4.78, 5) is 5.35. The van der Waals surface area contributed by atoms with Gasteiger partial charge in [0.25, 0.3) is 0 Å². The number of likely N-dealkylation sites (tertiary alicyclic amines) is 2. The largest absolute Gasteiger partial charge is 0.489 e. The molecule has 46 heavy (non-hydrogen) atoms. The smallest absolute Gasteiger partial charge is 0.124 e. The Balaban J connectivity index is 0.000000173. The van der Waals surface area contributed by atoms with Crippen molar-refractivity contribution in [2.75, 3.05) is 26.2 Å². The van der Waals surface area contributed by atoms with Crippen molar-refractivity contribution in [3.63, 3.8) is 0 Å². The summed E-state index contributed by atoms with van der Waals surface area (Å²) in [5.41, 5.74) is 6.90. The highest BCUT2D eigenvalue weighted by atomic mass is 16.5. The van der Waals surface area contributed by atoms with Gasteiger partial charge in [0.15, 0.2) is 0 Å². The lowest BCUT2D eigenvalue weighted by atomic mass is 9.93. The summed E-state index contributed by atoms with van der Waals surface area (Å²) in [6.45, 7) is 14.2. The number of fused-ring (bicyclic) bond motifs is 2. The van der Waals surface area contributed by atoms with E-state index < -0.39 is 0 Å². The van der Waals surface area contributed by atoms with Crippen molar-refractivity contribution in [1.82, 2.24) is 9.80 Å². The van der Waals surface area contributed by atoms with Crippen LogP contribution in [0.4, 0.5) is 0 Å². The summed E-state index contributed by atoms with van der Waals surface area (Å²) >= 11 is 0. The van der Waals surface area contributed by atoms with Gasteiger partial charge in [0.2, 0.25) is 0 Å². The highest BCUT2D eigenvalue weighted by Crippen LogP contribution is 2.40. The molecule has 7 rings (SSSR count). The lowest BCUT2D eigenvalue weighted by Gasteiger charge is -2.32. The molecule has 3 atom stereocenters. The van der Waals surface area contributed by atoms with E-state index in [0.717, 1.165) is 17.6 Å².